The van der Waals surface area contributed by atoms with E-state index >= 15 is 0 Å². The summed E-state index contributed by atoms with van der Waals surface area (Å²) in [6, 6.07) is 12.0. The smallest absolute Gasteiger partial charge is 0.129 e. The lowest BCUT2D eigenvalue weighted by Crippen LogP contribution is -2.27. The summed E-state index contributed by atoms with van der Waals surface area (Å²) in [6.45, 7) is 5.09. The van der Waals surface area contributed by atoms with Crippen LogP contribution >= 0.6 is 0 Å². The normalized spacial score (nSPS) is 10.4. The molecule has 0 aliphatic carbocycles. The number of anilines is 1. The molecular weight excluding hydrogens is 212 g/mol. The highest BCUT2D eigenvalue weighted by molar-refractivity contribution is 5.80. The van der Waals surface area contributed by atoms with Crippen molar-refractivity contribution < 1.29 is 5.11 Å². The van der Waals surface area contributed by atoms with Crippen molar-refractivity contribution in [3.8, 4) is 0 Å². The van der Waals surface area contributed by atoms with E-state index in [9.17, 15) is 0 Å². The molecule has 0 saturated heterocycles. The van der Waals surface area contributed by atoms with Crippen LogP contribution in [0, 0.1) is 0 Å². The Hall–Kier alpha value is -1.87. The second-order valence-electron chi connectivity index (χ2n) is 3.82. The van der Waals surface area contributed by atoms with Gasteiger partial charge in [-0.25, -0.2) is 4.98 Å². The summed E-state index contributed by atoms with van der Waals surface area (Å²) in [5.74, 6) is 0.873. The molecule has 2 rings (SSSR count). The van der Waals surface area contributed by atoms with Gasteiger partial charge in [-0.05, 0) is 18.2 Å². The van der Waals surface area contributed by atoms with Gasteiger partial charge in [0.05, 0.1) is 12.1 Å². The third kappa shape index (κ3) is 2.63. The fourth-order valence-corrected chi connectivity index (χ4v) is 1.81. The molecule has 2 aromatic rings. The minimum atomic E-state index is 0.113. The molecule has 0 aliphatic rings. The first-order valence-corrected chi connectivity index (χ1v) is 5.67. The van der Waals surface area contributed by atoms with Crippen molar-refractivity contribution in [2.24, 2.45) is 0 Å². The molecule has 0 unspecified atom stereocenters. The molecule has 0 amide bonds. The molecule has 0 fully saturated rings. The molecule has 0 aliphatic heterocycles. The summed E-state index contributed by atoms with van der Waals surface area (Å²) in [4.78, 5) is 6.58. The maximum atomic E-state index is 9.03. The van der Waals surface area contributed by atoms with Gasteiger partial charge in [0, 0.05) is 18.5 Å². The van der Waals surface area contributed by atoms with Crippen LogP contribution < -0.4 is 4.90 Å². The van der Waals surface area contributed by atoms with Gasteiger partial charge in [0.25, 0.3) is 0 Å². The minimum absolute atomic E-state index is 0.113. The predicted octanol–water partition coefficient (Wildman–Crippen LogP) is 2.22. The summed E-state index contributed by atoms with van der Waals surface area (Å²) in [6.07, 6.45) is 1.81. The van der Waals surface area contributed by atoms with Gasteiger partial charge >= 0.3 is 0 Å². The van der Waals surface area contributed by atoms with Crippen LogP contribution in [0.5, 0.6) is 0 Å². The molecule has 0 atom stereocenters. The number of aliphatic hydroxyl groups excluding tert-OH is 1. The lowest BCUT2D eigenvalue weighted by molar-refractivity contribution is 0.302. The Balaban J connectivity index is 2.35. The quantitative estimate of drug-likeness (QED) is 0.797. The van der Waals surface area contributed by atoms with E-state index in [1.165, 1.54) is 0 Å². The number of aromatic nitrogens is 1. The van der Waals surface area contributed by atoms with Gasteiger partial charge in [-0.3, -0.25) is 0 Å². The number of para-hydroxylation sites is 1. The van der Waals surface area contributed by atoms with Crippen molar-refractivity contribution in [2.45, 2.75) is 0 Å². The van der Waals surface area contributed by atoms with Crippen LogP contribution in [0.3, 0.4) is 0 Å². The first-order chi connectivity index (χ1) is 8.35. The van der Waals surface area contributed by atoms with Crippen LogP contribution in [-0.4, -0.2) is 29.8 Å². The highest BCUT2D eigenvalue weighted by atomic mass is 16.3. The Labute approximate surface area is 101 Å². The minimum Gasteiger partial charge on any atom is -0.395 e. The van der Waals surface area contributed by atoms with Crippen LogP contribution in [0.1, 0.15) is 0 Å². The van der Waals surface area contributed by atoms with Gasteiger partial charge in [0.15, 0.2) is 0 Å². The first kappa shape index (κ1) is 11.6. The zero-order valence-electron chi connectivity index (χ0n) is 9.71. The molecule has 1 heterocycles. The van der Waals surface area contributed by atoms with E-state index in [1.807, 2.05) is 47.4 Å². The van der Waals surface area contributed by atoms with E-state index < -0.39 is 0 Å². The van der Waals surface area contributed by atoms with Gasteiger partial charge < -0.3 is 10.0 Å². The van der Waals surface area contributed by atoms with E-state index in [2.05, 4.69) is 11.6 Å². The van der Waals surface area contributed by atoms with Gasteiger partial charge in [-0.1, -0.05) is 24.3 Å². The molecule has 0 bridgehead atoms. The van der Waals surface area contributed by atoms with Gasteiger partial charge in [0.1, 0.15) is 5.82 Å². The number of fused-ring (bicyclic) bond motifs is 1. The molecule has 0 radical (unpaired) electrons. The standard InChI is InChI=1S/C14H16N2O/c1-2-9-16(10-11-17)14-8-7-12-5-3-4-6-13(12)15-14/h2-8,17H,1,9-11H2. The number of hydrogen-bond donors (Lipinski definition) is 1. The topological polar surface area (TPSA) is 36.4 Å². The summed E-state index contributed by atoms with van der Waals surface area (Å²) in [5.41, 5.74) is 0.969. The average Bonchev–Trinajstić information content (AvgIpc) is 2.38. The van der Waals surface area contributed by atoms with Crippen LogP contribution in [0.15, 0.2) is 49.1 Å². The molecular formula is C14H16N2O. The zero-order valence-corrected chi connectivity index (χ0v) is 9.71. The van der Waals surface area contributed by atoms with Crippen LogP contribution in [-0.2, 0) is 0 Å². The Bertz CT molecular complexity index is 510. The summed E-state index contributed by atoms with van der Waals surface area (Å²) in [5, 5.41) is 10.2. The second-order valence-corrected chi connectivity index (χ2v) is 3.82. The van der Waals surface area contributed by atoms with Crippen molar-refractivity contribution in [3.63, 3.8) is 0 Å². The molecule has 3 nitrogen and oxygen atoms in total. The number of aliphatic hydroxyl groups is 1. The maximum absolute atomic E-state index is 9.03. The van der Waals surface area contributed by atoms with Crippen LogP contribution in [0.25, 0.3) is 10.9 Å². The van der Waals surface area contributed by atoms with E-state index in [-0.39, 0.29) is 6.61 Å². The van der Waals surface area contributed by atoms with E-state index in [0.717, 1.165) is 16.7 Å². The Morgan fingerprint density at radius 3 is 2.82 bits per heavy atom. The van der Waals surface area contributed by atoms with Crippen molar-refractivity contribution >= 4 is 16.7 Å². The van der Waals surface area contributed by atoms with E-state index in [1.54, 1.807) is 0 Å². The zero-order chi connectivity index (χ0) is 12.1. The van der Waals surface area contributed by atoms with E-state index in [0.29, 0.717) is 13.1 Å². The predicted molar refractivity (Wildman–Crippen MR) is 71.2 cm³/mol. The highest BCUT2D eigenvalue weighted by Crippen LogP contribution is 2.17. The number of pyridine rings is 1. The maximum Gasteiger partial charge on any atom is 0.129 e. The summed E-state index contributed by atoms with van der Waals surface area (Å²) >= 11 is 0. The average molecular weight is 228 g/mol. The largest absolute Gasteiger partial charge is 0.395 e. The van der Waals surface area contributed by atoms with Gasteiger partial charge in [0.2, 0.25) is 0 Å². The third-order valence-electron chi connectivity index (χ3n) is 2.63. The highest BCUT2D eigenvalue weighted by Gasteiger charge is 2.06. The third-order valence-corrected chi connectivity index (χ3v) is 2.63. The van der Waals surface area contributed by atoms with Crippen LogP contribution in [0.4, 0.5) is 5.82 Å². The first-order valence-electron chi connectivity index (χ1n) is 5.67. The monoisotopic (exact) mass is 228 g/mol. The number of rotatable bonds is 5. The lowest BCUT2D eigenvalue weighted by atomic mass is 10.2. The Morgan fingerprint density at radius 1 is 1.24 bits per heavy atom. The lowest BCUT2D eigenvalue weighted by Gasteiger charge is -2.21. The number of hydrogen-bond acceptors (Lipinski definition) is 3. The van der Waals surface area contributed by atoms with E-state index in [4.69, 9.17) is 5.11 Å². The molecule has 3 heteroatoms. The van der Waals surface area contributed by atoms with Gasteiger partial charge in [-0.15, -0.1) is 6.58 Å². The van der Waals surface area contributed by atoms with Crippen molar-refractivity contribution in [1.29, 1.82) is 0 Å². The molecule has 1 aromatic carbocycles. The Morgan fingerprint density at radius 2 is 2.06 bits per heavy atom. The molecule has 0 saturated carbocycles. The SMILES string of the molecule is C=CCN(CCO)c1ccc2ccccc2n1. The number of benzene rings is 1. The molecule has 88 valence electrons. The fraction of sp³-hybridized carbons (Fsp3) is 0.214. The molecule has 0 spiro atoms. The summed E-state index contributed by atoms with van der Waals surface area (Å²) in [7, 11) is 0. The summed E-state index contributed by atoms with van der Waals surface area (Å²) < 4.78 is 0. The molecule has 17 heavy (non-hydrogen) atoms. The van der Waals surface area contributed by atoms with Gasteiger partial charge in [-0.2, -0.15) is 0 Å². The Kier molecular flexibility index (Phi) is 3.73. The van der Waals surface area contributed by atoms with Crippen LogP contribution in [0.2, 0.25) is 0 Å². The van der Waals surface area contributed by atoms with Crippen molar-refractivity contribution in [2.75, 3.05) is 24.6 Å². The fourth-order valence-electron chi connectivity index (χ4n) is 1.81. The number of nitrogens with zero attached hydrogens (tertiary/aromatic N) is 2. The van der Waals surface area contributed by atoms with Crippen molar-refractivity contribution in [1.82, 2.24) is 4.98 Å². The molecule has 1 aromatic heterocycles. The second kappa shape index (κ2) is 5.46. The molecule has 1 N–H and O–H groups in total. The van der Waals surface area contributed by atoms with Crippen molar-refractivity contribution in [3.05, 3.63) is 49.1 Å².